The number of pyridine rings is 2. The van der Waals surface area contributed by atoms with Gasteiger partial charge in [-0.15, -0.1) is 11.8 Å². The number of rotatable bonds is 6. The normalized spacial score (nSPS) is 10.3. The van der Waals surface area contributed by atoms with E-state index in [1.54, 1.807) is 24.3 Å². The monoisotopic (exact) mass is 408 g/mol. The summed E-state index contributed by atoms with van der Waals surface area (Å²) in [6.45, 7) is 1.87. The van der Waals surface area contributed by atoms with E-state index in [1.165, 1.54) is 11.8 Å². The number of anilines is 1. The average molecular weight is 409 g/mol. The number of hydrogen-bond donors (Lipinski definition) is 1. The van der Waals surface area contributed by atoms with Gasteiger partial charge in [0.05, 0.1) is 11.3 Å². The molecule has 0 atom stereocenters. The highest BCUT2D eigenvalue weighted by Crippen LogP contribution is 2.26. The number of aromatic nitrogens is 2. The first-order valence-corrected chi connectivity index (χ1v) is 9.95. The van der Waals surface area contributed by atoms with Crippen molar-refractivity contribution in [3.05, 3.63) is 70.9 Å². The number of hydrogen-bond acceptors (Lipinski definition) is 5. The van der Waals surface area contributed by atoms with Gasteiger partial charge in [-0.05, 0) is 43.3 Å². The van der Waals surface area contributed by atoms with Gasteiger partial charge in [-0.2, -0.15) is 5.26 Å². The molecule has 2 aromatic heterocycles. The molecule has 0 bridgehead atoms. The van der Waals surface area contributed by atoms with Gasteiger partial charge in [-0.1, -0.05) is 29.8 Å². The summed E-state index contributed by atoms with van der Waals surface area (Å²) in [4.78, 5) is 21.0. The number of thioether (sulfide) groups is 1. The van der Waals surface area contributed by atoms with Gasteiger partial charge in [0.2, 0.25) is 5.91 Å². The number of carbonyl (C=O) groups excluding carboxylic acids is 1. The number of nitriles is 1. The van der Waals surface area contributed by atoms with Gasteiger partial charge in [0.1, 0.15) is 16.9 Å². The van der Waals surface area contributed by atoms with E-state index in [0.717, 1.165) is 17.0 Å². The van der Waals surface area contributed by atoms with Crippen LogP contribution in [0.25, 0.3) is 11.3 Å². The highest BCUT2D eigenvalue weighted by molar-refractivity contribution is 7.99. The summed E-state index contributed by atoms with van der Waals surface area (Å²) in [5.41, 5.74) is 3.00. The molecule has 2 heterocycles. The maximum absolute atomic E-state index is 12.1. The summed E-state index contributed by atoms with van der Waals surface area (Å²) in [5, 5.41) is 13.4. The lowest BCUT2D eigenvalue weighted by atomic mass is 10.1. The summed E-state index contributed by atoms with van der Waals surface area (Å²) in [7, 11) is 0. The van der Waals surface area contributed by atoms with Crippen LogP contribution in [0.2, 0.25) is 5.02 Å². The minimum Gasteiger partial charge on any atom is -0.311 e. The molecule has 140 valence electrons. The van der Waals surface area contributed by atoms with Crippen LogP contribution in [0.3, 0.4) is 0 Å². The minimum atomic E-state index is -0.127. The zero-order valence-electron chi connectivity index (χ0n) is 15.1. The Hall–Kier alpha value is -2.88. The number of amides is 1. The molecule has 1 aromatic carbocycles. The van der Waals surface area contributed by atoms with E-state index in [0.29, 0.717) is 27.2 Å². The highest BCUT2D eigenvalue weighted by Gasteiger charge is 2.10. The van der Waals surface area contributed by atoms with Crippen molar-refractivity contribution in [1.29, 1.82) is 5.26 Å². The van der Waals surface area contributed by atoms with Crippen molar-refractivity contribution in [2.24, 2.45) is 0 Å². The van der Waals surface area contributed by atoms with Gasteiger partial charge in [0.15, 0.2) is 0 Å². The van der Waals surface area contributed by atoms with Gasteiger partial charge in [-0.3, -0.25) is 4.79 Å². The van der Waals surface area contributed by atoms with Crippen molar-refractivity contribution < 1.29 is 4.79 Å². The Labute approximate surface area is 172 Å². The van der Waals surface area contributed by atoms with E-state index in [2.05, 4.69) is 21.4 Å². The Balaban J connectivity index is 1.64. The second-order valence-corrected chi connectivity index (χ2v) is 7.50. The molecule has 0 saturated heterocycles. The van der Waals surface area contributed by atoms with Crippen molar-refractivity contribution in [2.45, 2.75) is 18.4 Å². The molecule has 3 rings (SSSR count). The summed E-state index contributed by atoms with van der Waals surface area (Å²) in [6.07, 6.45) is 0.290. The predicted octanol–water partition coefficient (Wildman–Crippen LogP) is 5.10. The Kier molecular flexibility index (Phi) is 6.64. The fraction of sp³-hybridized carbons (Fsp3) is 0.143. The van der Waals surface area contributed by atoms with Crippen LogP contribution in [0.5, 0.6) is 0 Å². The molecule has 3 aromatic rings. The van der Waals surface area contributed by atoms with Crippen molar-refractivity contribution in [1.82, 2.24) is 9.97 Å². The molecule has 0 fully saturated rings. The SMILES string of the molecule is Cc1cccc(NC(=O)CCSc2nc(-c3ccc(Cl)cc3)ccc2C#N)n1. The maximum Gasteiger partial charge on any atom is 0.226 e. The lowest BCUT2D eigenvalue weighted by Gasteiger charge is -2.08. The molecule has 7 heteroatoms. The Morgan fingerprint density at radius 3 is 2.64 bits per heavy atom. The summed E-state index contributed by atoms with van der Waals surface area (Å²) >= 11 is 7.32. The zero-order valence-corrected chi connectivity index (χ0v) is 16.7. The van der Waals surface area contributed by atoms with E-state index in [-0.39, 0.29) is 12.3 Å². The number of carbonyl (C=O) groups is 1. The summed E-state index contributed by atoms with van der Waals surface area (Å²) < 4.78 is 0. The lowest BCUT2D eigenvalue weighted by Crippen LogP contribution is -2.13. The second kappa shape index (κ2) is 9.36. The summed E-state index contributed by atoms with van der Waals surface area (Å²) in [5.74, 6) is 0.914. The third kappa shape index (κ3) is 5.32. The Morgan fingerprint density at radius 2 is 1.93 bits per heavy atom. The maximum atomic E-state index is 12.1. The van der Waals surface area contributed by atoms with Gasteiger partial charge in [-0.25, -0.2) is 9.97 Å². The summed E-state index contributed by atoms with van der Waals surface area (Å²) in [6, 6.07) is 18.5. The van der Waals surface area contributed by atoms with Crippen LogP contribution >= 0.6 is 23.4 Å². The van der Waals surface area contributed by atoms with Crippen molar-refractivity contribution in [3.8, 4) is 17.3 Å². The molecule has 0 saturated carbocycles. The van der Waals surface area contributed by atoms with Crippen LogP contribution in [0.15, 0.2) is 59.6 Å². The van der Waals surface area contributed by atoms with E-state index in [1.807, 2.05) is 37.3 Å². The molecule has 28 heavy (non-hydrogen) atoms. The van der Waals surface area contributed by atoms with Gasteiger partial charge in [0.25, 0.3) is 0 Å². The molecule has 0 aliphatic carbocycles. The van der Waals surface area contributed by atoms with Crippen LogP contribution in [0.4, 0.5) is 5.82 Å². The van der Waals surface area contributed by atoms with Crippen LogP contribution in [0.1, 0.15) is 17.7 Å². The number of nitrogens with zero attached hydrogens (tertiary/aromatic N) is 3. The first kappa shape index (κ1) is 19.9. The van der Waals surface area contributed by atoms with Crippen LogP contribution in [-0.2, 0) is 4.79 Å². The second-order valence-electron chi connectivity index (χ2n) is 5.98. The van der Waals surface area contributed by atoms with E-state index in [9.17, 15) is 10.1 Å². The number of nitrogens with one attached hydrogen (secondary N) is 1. The molecule has 5 nitrogen and oxygen atoms in total. The standard InChI is InChI=1S/C21H17ClN4OS/c1-14-3-2-4-19(24-14)26-20(27)11-12-28-21-16(13-23)7-10-18(25-21)15-5-8-17(22)9-6-15/h2-10H,11-12H2,1H3,(H,24,26,27). The van der Waals surface area contributed by atoms with E-state index >= 15 is 0 Å². The predicted molar refractivity (Wildman–Crippen MR) is 112 cm³/mol. The molecule has 0 unspecified atom stereocenters. The molecule has 1 N–H and O–H groups in total. The smallest absolute Gasteiger partial charge is 0.226 e. The van der Waals surface area contributed by atoms with E-state index < -0.39 is 0 Å². The lowest BCUT2D eigenvalue weighted by molar-refractivity contribution is -0.115. The van der Waals surface area contributed by atoms with Crippen molar-refractivity contribution >= 4 is 35.1 Å². The van der Waals surface area contributed by atoms with Crippen LogP contribution < -0.4 is 5.32 Å². The van der Waals surface area contributed by atoms with Crippen LogP contribution in [-0.4, -0.2) is 21.6 Å². The average Bonchev–Trinajstić information content (AvgIpc) is 2.68. The topological polar surface area (TPSA) is 78.7 Å². The largest absolute Gasteiger partial charge is 0.311 e. The number of benzene rings is 1. The fourth-order valence-corrected chi connectivity index (χ4v) is 3.51. The molecule has 0 aliphatic heterocycles. The molecular weight excluding hydrogens is 392 g/mol. The molecule has 1 amide bonds. The molecular formula is C21H17ClN4OS. The van der Waals surface area contributed by atoms with Gasteiger partial charge < -0.3 is 5.32 Å². The third-order valence-electron chi connectivity index (χ3n) is 3.84. The number of aryl methyl sites for hydroxylation is 1. The molecule has 0 spiro atoms. The fourth-order valence-electron chi connectivity index (χ4n) is 2.48. The highest BCUT2D eigenvalue weighted by atomic mass is 35.5. The Bertz CT molecular complexity index is 1030. The van der Waals surface area contributed by atoms with Gasteiger partial charge >= 0.3 is 0 Å². The van der Waals surface area contributed by atoms with E-state index in [4.69, 9.17) is 11.6 Å². The van der Waals surface area contributed by atoms with Crippen LogP contribution in [0, 0.1) is 18.3 Å². The third-order valence-corrected chi connectivity index (χ3v) is 5.09. The number of halogens is 1. The van der Waals surface area contributed by atoms with Crippen molar-refractivity contribution in [3.63, 3.8) is 0 Å². The van der Waals surface area contributed by atoms with Gasteiger partial charge in [0, 0.05) is 28.5 Å². The minimum absolute atomic E-state index is 0.127. The zero-order chi connectivity index (χ0) is 19.9. The first-order valence-electron chi connectivity index (χ1n) is 8.58. The first-order chi connectivity index (χ1) is 13.5. The molecule has 0 aliphatic rings. The molecule has 0 radical (unpaired) electrons. The van der Waals surface area contributed by atoms with Crippen molar-refractivity contribution in [2.75, 3.05) is 11.1 Å². The quantitative estimate of drug-likeness (QED) is 0.574. The Morgan fingerprint density at radius 1 is 1.14 bits per heavy atom.